The largest absolute Gasteiger partial charge is 0.141 e. The van der Waals surface area contributed by atoms with Crippen LogP contribution in [0.25, 0.3) is 10.8 Å². The molecular formula is C10H8BCl. The van der Waals surface area contributed by atoms with E-state index in [2.05, 4.69) is 18.2 Å². The lowest BCUT2D eigenvalue weighted by atomic mass is 9.93. The Balaban J connectivity index is 2.84. The van der Waals surface area contributed by atoms with Gasteiger partial charge in [0.05, 0.1) is 0 Å². The van der Waals surface area contributed by atoms with Gasteiger partial charge in [-0.15, -0.1) is 0 Å². The molecule has 0 atom stereocenters. The van der Waals surface area contributed by atoms with Crippen LogP contribution in [0.2, 0.25) is 5.02 Å². The van der Waals surface area contributed by atoms with E-state index in [1.165, 1.54) is 10.8 Å². The summed E-state index contributed by atoms with van der Waals surface area (Å²) in [7, 11) is 2.02. The molecule has 0 N–H and O–H groups in total. The van der Waals surface area contributed by atoms with Gasteiger partial charge in [0.25, 0.3) is 0 Å². The zero-order chi connectivity index (χ0) is 8.55. The average Bonchev–Trinajstić information content (AvgIpc) is 2.07. The molecule has 2 rings (SSSR count). The summed E-state index contributed by atoms with van der Waals surface area (Å²) >= 11 is 5.99. The molecule has 0 radical (unpaired) electrons. The Kier molecular flexibility index (Phi) is 1.82. The van der Waals surface area contributed by atoms with Gasteiger partial charge >= 0.3 is 0 Å². The van der Waals surface area contributed by atoms with Gasteiger partial charge in [-0.25, -0.2) is 0 Å². The van der Waals surface area contributed by atoms with E-state index >= 15 is 0 Å². The minimum atomic E-state index is 0.841. The zero-order valence-corrected chi connectivity index (χ0v) is 7.60. The maximum Gasteiger partial charge on any atom is 0.141 e. The fourth-order valence-corrected chi connectivity index (χ4v) is 1.50. The third-order valence-corrected chi connectivity index (χ3v) is 2.43. The van der Waals surface area contributed by atoms with Gasteiger partial charge in [-0.1, -0.05) is 47.4 Å². The molecule has 0 bridgehead atoms. The molecule has 0 spiro atoms. The Morgan fingerprint density at radius 3 is 2.25 bits per heavy atom. The Bertz CT molecular complexity index is 383. The normalized spacial score (nSPS) is 10.4. The van der Waals surface area contributed by atoms with Gasteiger partial charge in [-0.05, 0) is 16.8 Å². The second-order valence-electron chi connectivity index (χ2n) is 2.95. The molecule has 0 amide bonds. The van der Waals surface area contributed by atoms with Crippen LogP contribution in [0.4, 0.5) is 0 Å². The number of hydrogen-bond acceptors (Lipinski definition) is 0. The van der Waals surface area contributed by atoms with Crippen LogP contribution in [0.15, 0.2) is 36.4 Å². The molecular weight excluding hydrogens is 166 g/mol. The summed E-state index contributed by atoms with van der Waals surface area (Å²) in [6, 6.07) is 12.3. The van der Waals surface area contributed by atoms with Crippen molar-refractivity contribution in [3.05, 3.63) is 41.4 Å². The van der Waals surface area contributed by atoms with E-state index in [1.807, 2.05) is 26.0 Å². The first-order valence-electron chi connectivity index (χ1n) is 3.92. The molecule has 0 saturated heterocycles. The highest BCUT2D eigenvalue weighted by Crippen LogP contribution is 2.16. The predicted octanol–water partition coefficient (Wildman–Crippen LogP) is 1.75. The molecule has 0 aromatic heterocycles. The molecule has 58 valence electrons. The number of rotatable bonds is 0. The van der Waals surface area contributed by atoms with Gasteiger partial charge in [0, 0.05) is 5.02 Å². The summed E-state index contributed by atoms with van der Waals surface area (Å²) in [4.78, 5) is 0. The Morgan fingerprint density at radius 2 is 1.58 bits per heavy atom. The SMILES string of the molecule is Bc1cc2ccccc2cc1Cl. The number of fused-ring (bicyclic) bond motifs is 1. The Labute approximate surface area is 77.6 Å². The molecule has 2 aromatic rings. The second-order valence-corrected chi connectivity index (χ2v) is 3.36. The summed E-state index contributed by atoms with van der Waals surface area (Å²) in [5.41, 5.74) is 1.13. The van der Waals surface area contributed by atoms with Crippen LogP contribution in [-0.2, 0) is 0 Å². The van der Waals surface area contributed by atoms with Crippen LogP contribution >= 0.6 is 11.6 Å². The van der Waals surface area contributed by atoms with Crippen molar-refractivity contribution in [1.29, 1.82) is 0 Å². The van der Waals surface area contributed by atoms with Crippen LogP contribution in [0, 0.1) is 0 Å². The highest BCUT2D eigenvalue weighted by molar-refractivity contribution is 6.45. The molecule has 0 aliphatic carbocycles. The first kappa shape index (κ1) is 7.69. The fraction of sp³-hybridized carbons (Fsp3) is 0. The standard InChI is InChI=1S/C10H8BCl/c11-9-5-7-3-1-2-4-8(7)6-10(9)12/h1-6H,11H2. The van der Waals surface area contributed by atoms with E-state index in [9.17, 15) is 0 Å². The second kappa shape index (κ2) is 2.83. The lowest BCUT2D eigenvalue weighted by Gasteiger charge is -2.01. The predicted molar refractivity (Wildman–Crippen MR) is 57.1 cm³/mol. The van der Waals surface area contributed by atoms with Crippen LogP contribution in [-0.4, -0.2) is 7.85 Å². The molecule has 2 heteroatoms. The summed E-state index contributed by atoms with van der Waals surface area (Å²) in [6.07, 6.45) is 0. The molecule has 0 aliphatic heterocycles. The van der Waals surface area contributed by atoms with Crippen molar-refractivity contribution < 1.29 is 0 Å². The van der Waals surface area contributed by atoms with Gasteiger partial charge in [0.1, 0.15) is 7.85 Å². The molecule has 2 aromatic carbocycles. The zero-order valence-electron chi connectivity index (χ0n) is 6.84. The van der Waals surface area contributed by atoms with Crippen molar-refractivity contribution >= 4 is 35.7 Å². The molecule has 0 heterocycles. The molecule has 0 fully saturated rings. The summed E-state index contributed by atoms with van der Waals surface area (Å²) < 4.78 is 0. The highest BCUT2D eigenvalue weighted by atomic mass is 35.5. The van der Waals surface area contributed by atoms with Gasteiger partial charge in [0.15, 0.2) is 0 Å². The fourth-order valence-electron chi connectivity index (χ4n) is 1.33. The molecule has 0 aliphatic rings. The number of benzene rings is 2. The number of halogens is 1. The van der Waals surface area contributed by atoms with E-state index in [0.29, 0.717) is 0 Å². The summed E-state index contributed by atoms with van der Waals surface area (Å²) in [6.45, 7) is 0. The van der Waals surface area contributed by atoms with Crippen molar-refractivity contribution in [3.63, 3.8) is 0 Å². The molecule has 12 heavy (non-hydrogen) atoms. The van der Waals surface area contributed by atoms with Crippen LogP contribution < -0.4 is 5.46 Å². The van der Waals surface area contributed by atoms with Crippen LogP contribution in [0.1, 0.15) is 0 Å². The monoisotopic (exact) mass is 174 g/mol. The van der Waals surface area contributed by atoms with Gasteiger partial charge in [-0.2, -0.15) is 0 Å². The van der Waals surface area contributed by atoms with Crippen molar-refractivity contribution in [1.82, 2.24) is 0 Å². The first-order chi connectivity index (χ1) is 5.77. The summed E-state index contributed by atoms with van der Waals surface area (Å²) in [5.74, 6) is 0. The highest BCUT2D eigenvalue weighted by Gasteiger charge is 1.96. The summed E-state index contributed by atoms with van der Waals surface area (Å²) in [5, 5.41) is 3.29. The maximum absolute atomic E-state index is 5.99. The quantitative estimate of drug-likeness (QED) is 0.534. The van der Waals surface area contributed by atoms with Gasteiger partial charge < -0.3 is 0 Å². The van der Waals surface area contributed by atoms with Crippen molar-refractivity contribution in [2.75, 3.05) is 0 Å². The van der Waals surface area contributed by atoms with E-state index in [1.54, 1.807) is 0 Å². The topological polar surface area (TPSA) is 0 Å². The van der Waals surface area contributed by atoms with Crippen molar-refractivity contribution in [2.45, 2.75) is 0 Å². The lowest BCUT2D eigenvalue weighted by Crippen LogP contribution is -2.02. The first-order valence-corrected chi connectivity index (χ1v) is 4.30. The van der Waals surface area contributed by atoms with Gasteiger partial charge in [-0.3, -0.25) is 0 Å². The molecule has 0 saturated carbocycles. The van der Waals surface area contributed by atoms with E-state index in [-0.39, 0.29) is 0 Å². The molecule has 0 unspecified atom stereocenters. The van der Waals surface area contributed by atoms with E-state index < -0.39 is 0 Å². The lowest BCUT2D eigenvalue weighted by molar-refractivity contribution is 1.78. The number of hydrogen-bond donors (Lipinski definition) is 0. The van der Waals surface area contributed by atoms with Crippen LogP contribution in [0.3, 0.4) is 0 Å². The minimum Gasteiger partial charge on any atom is -0.0849 e. The van der Waals surface area contributed by atoms with E-state index in [0.717, 1.165) is 10.5 Å². The van der Waals surface area contributed by atoms with Crippen molar-refractivity contribution in [2.24, 2.45) is 0 Å². The average molecular weight is 174 g/mol. The molecule has 0 nitrogen and oxygen atoms in total. The Hall–Kier alpha value is -0.945. The third-order valence-electron chi connectivity index (χ3n) is 2.03. The van der Waals surface area contributed by atoms with Gasteiger partial charge in [0.2, 0.25) is 0 Å². The minimum absolute atomic E-state index is 0.841. The van der Waals surface area contributed by atoms with Crippen molar-refractivity contribution in [3.8, 4) is 0 Å². The maximum atomic E-state index is 5.99. The third kappa shape index (κ3) is 1.21. The van der Waals surface area contributed by atoms with Crippen LogP contribution in [0.5, 0.6) is 0 Å². The van der Waals surface area contributed by atoms with E-state index in [4.69, 9.17) is 11.6 Å². The smallest absolute Gasteiger partial charge is 0.0849 e. The Morgan fingerprint density at radius 1 is 1.00 bits per heavy atom.